The van der Waals surface area contributed by atoms with E-state index in [1.807, 2.05) is 0 Å². The molecule has 0 heterocycles. The molecule has 0 aromatic rings. The zero-order valence-electron chi connectivity index (χ0n) is 9.74. The molecule has 0 saturated heterocycles. The maximum atomic E-state index is 10.9. The molecule has 0 aromatic carbocycles. The summed E-state index contributed by atoms with van der Waals surface area (Å²) < 4.78 is 0. The Hall–Kier alpha value is -1.87. The smallest absolute Gasteiger partial charge is 0.323 e. The van der Waals surface area contributed by atoms with Crippen molar-refractivity contribution in [3.05, 3.63) is 0 Å². The number of aliphatic carboxylic acids is 2. The number of aliphatic hydroxyl groups is 1. The summed E-state index contributed by atoms with van der Waals surface area (Å²) in [6.45, 7) is 0.0412. The Labute approximate surface area is 103 Å². The molecular formula is C9H18N4O5. The third-order valence-corrected chi connectivity index (χ3v) is 2.07. The van der Waals surface area contributed by atoms with Crippen molar-refractivity contribution < 1.29 is 24.9 Å². The van der Waals surface area contributed by atoms with E-state index in [1.54, 1.807) is 0 Å². The Morgan fingerprint density at radius 1 is 1.28 bits per heavy atom. The maximum Gasteiger partial charge on any atom is 0.323 e. The summed E-state index contributed by atoms with van der Waals surface area (Å²) in [5.74, 6) is -2.47. The number of hydrogen-bond donors (Lipinski definition) is 6. The largest absolute Gasteiger partial charge is 0.481 e. The first kappa shape index (κ1) is 16.1. The van der Waals surface area contributed by atoms with Gasteiger partial charge in [-0.05, 0) is 6.42 Å². The Morgan fingerprint density at radius 2 is 1.89 bits per heavy atom. The average Bonchev–Trinajstić information content (AvgIpc) is 2.22. The molecule has 0 aliphatic rings. The molecule has 2 atom stereocenters. The Morgan fingerprint density at radius 3 is 2.33 bits per heavy atom. The standard InChI is InChI=1S/C9H18N4O5/c10-9(11)13-3-1-5(14)7(8(17)18)12-4-2-6(15)16/h5,7,12,14H,1-4H2,(H,15,16)(H,17,18)(H4,10,11,13)/t5?,7-/m0/s1. The normalized spacial score (nSPS) is 13.6. The van der Waals surface area contributed by atoms with Crippen molar-refractivity contribution in [3.63, 3.8) is 0 Å². The van der Waals surface area contributed by atoms with Gasteiger partial charge in [-0.1, -0.05) is 0 Å². The molecule has 9 nitrogen and oxygen atoms in total. The van der Waals surface area contributed by atoms with Gasteiger partial charge in [-0.15, -0.1) is 0 Å². The molecule has 0 radical (unpaired) electrons. The van der Waals surface area contributed by atoms with Crippen molar-refractivity contribution in [1.82, 2.24) is 5.32 Å². The number of rotatable bonds is 9. The fourth-order valence-corrected chi connectivity index (χ4v) is 1.22. The van der Waals surface area contributed by atoms with Crippen molar-refractivity contribution in [1.29, 1.82) is 0 Å². The van der Waals surface area contributed by atoms with Crippen LogP contribution in [0.4, 0.5) is 0 Å². The first-order valence-corrected chi connectivity index (χ1v) is 5.26. The van der Waals surface area contributed by atoms with Crippen LogP contribution in [0.25, 0.3) is 0 Å². The SMILES string of the molecule is NC(N)=NCCC(O)[C@H](NCCC(=O)O)C(=O)O. The van der Waals surface area contributed by atoms with Gasteiger partial charge in [0.25, 0.3) is 0 Å². The summed E-state index contributed by atoms with van der Waals surface area (Å²) in [4.78, 5) is 24.7. The molecule has 0 saturated carbocycles. The number of carboxylic acids is 2. The number of hydrogen-bond acceptors (Lipinski definition) is 5. The third-order valence-electron chi connectivity index (χ3n) is 2.07. The van der Waals surface area contributed by atoms with Crippen LogP contribution in [0, 0.1) is 0 Å². The Balaban J connectivity index is 4.19. The minimum absolute atomic E-state index is 0.0499. The molecule has 18 heavy (non-hydrogen) atoms. The number of guanidine groups is 1. The van der Waals surface area contributed by atoms with E-state index in [0.717, 1.165) is 0 Å². The summed E-state index contributed by atoms with van der Waals surface area (Å²) >= 11 is 0. The van der Waals surface area contributed by atoms with E-state index in [1.165, 1.54) is 0 Å². The second-order valence-electron chi connectivity index (χ2n) is 3.58. The lowest BCUT2D eigenvalue weighted by Gasteiger charge is -2.19. The van der Waals surface area contributed by atoms with E-state index < -0.39 is 24.1 Å². The highest BCUT2D eigenvalue weighted by atomic mass is 16.4. The Bertz CT molecular complexity index is 316. The summed E-state index contributed by atoms with van der Waals surface area (Å²) in [6, 6.07) is -1.25. The number of aliphatic imine (C=N–C) groups is 1. The lowest BCUT2D eigenvalue weighted by atomic mass is 10.1. The highest BCUT2D eigenvalue weighted by Gasteiger charge is 2.25. The fraction of sp³-hybridized carbons (Fsp3) is 0.667. The predicted molar refractivity (Wildman–Crippen MR) is 63.0 cm³/mol. The molecule has 0 aliphatic carbocycles. The van der Waals surface area contributed by atoms with Crippen molar-refractivity contribution >= 4 is 17.9 Å². The number of nitrogens with zero attached hydrogens (tertiary/aromatic N) is 1. The van der Waals surface area contributed by atoms with Crippen LogP contribution in [0.5, 0.6) is 0 Å². The number of aliphatic hydroxyl groups excluding tert-OH is 1. The molecule has 104 valence electrons. The lowest BCUT2D eigenvalue weighted by molar-refractivity contribution is -0.143. The van der Waals surface area contributed by atoms with E-state index in [9.17, 15) is 14.7 Å². The lowest BCUT2D eigenvalue weighted by Crippen LogP contribution is -2.47. The van der Waals surface area contributed by atoms with Gasteiger partial charge in [-0.2, -0.15) is 0 Å². The van der Waals surface area contributed by atoms with E-state index >= 15 is 0 Å². The summed E-state index contributed by atoms with van der Waals surface area (Å²) in [6.07, 6.45) is -1.39. The number of nitrogens with one attached hydrogen (secondary N) is 1. The molecule has 8 N–H and O–H groups in total. The maximum absolute atomic E-state index is 10.9. The minimum Gasteiger partial charge on any atom is -0.481 e. The number of carbonyl (C=O) groups is 2. The average molecular weight is 262 g/mol. The molecule has 0 spiro atoms. The summed E-state index contributed by atoms with van der Waals surface area (Å²) in [5.41, 5.74) is 10.2. The monoisotopic (exact) mass is 262 g/mol. The van der Waals surface area contributed by atoms with Gasteiger partial charge >= 0.3 is 11.9 Å². The molecule has 9 heteroatoms. The van der Waals surface area contributed by atoms with Crippen LogP contribution in [0.3, 0.4) is 0 Å². The molecule has 0 fully saturated rings. The second kappa shape index (κ2) is 8.25. The van der Waals surface area contributed by atoms with Crippen molar-refractivity contribution in [3.8, 4) is 0 Å². The van der Waals surface area contributed by atoms with Crippen LogP contribution < -0.4 is 16.8 Å². The van der Waals surface area contributed by atoms with E-state index in [4.69, 9.17) is 21.7 Å². The summed E-state index contributed by atoms with van der Waals surface area (Å²) in [5, 5.41) is 29.3. The van der Waals surface area contributed by atoms with Gasteiger partial charge in [0, 0.05) is 13.1 Å². The molecule has 0 bridgehead atoms. The topological polar surface area (TPSA) is 171 Å². The van der Waals surface area contributed by atoms with Crippen molar-refractivity contribution in [2.45, 2.75) is 25.0 Å². The van der Waals surface area contributed by atoms with Gasteiger partial charge in [0.1, 0.15) is 6.04 Å². The van der Waals surface area contributed by atoms with E-state index in [-0.39, 0.29) is 31.9 Å². The zero-order chi connectivity index (χ0) is 14.1. The third kappa shape index (κ3) is 7.41. The quantitative estimate of drug-likeness (QED) is 0.196. The molecule has 0 aliphatic heterocycles. The number of carboxylic acid groups (broad SMARTS) is 2. The highest BCUT2D eigenvalue weighted by Crippen LogP contribution is 2.00. The van der Waals surface area contributed by atoms with Gasteiger partial charge in [-0.3, -0.25) is 14.6 Å². The van der Waals surface area contributed by atoms with Crippen LogP contribution in [0.1, 0.15) is 12.8 Å². The molecular weight excluding hydrogens is 244 g/mol. The Kier molecular flexibility index (Phi) is 7.40. The fourth-order valence-electron chi connectivity index (χ4n) is 1.22. The first-order chi connectivity index (χ1) is 8.34. The van der Waals surface area contributed by atoms with Crippen LogP contribution in [0.2, 0.25) is 0 Å². The van der Waals surface area contributed by atoms with Crippen molar-refractivity contribution in [2.75, 3.05) is 13.1 Å². The van der Waals surface area contributed by atoms with Crippen LogP contribution >= 0.6 is 0 Å². The zero-order valence-corrected chi connectivity index (χ0v) is 9.74. The predicted octanol–water partition coefficient (Wildman–Crippen LogP) is -2.47. The van der Waals surface area contributed by atoms with Gasteiger partial charge in [0.05, 0.1) is 12.5 Å². The second-order valence-corrected chi connectivity index (χ2v) is 3.58. The van der Waals surface area contributed by atoms with Crippen LogP contribution in [-0.4, -0.2) is 58.5 Å². The van der Waals surface area contributed by atoms with Gasteiger partial charge in [0.15, 0.2) is 5.96 Å². The first-order valence-electron chi connectivity index (χ1n) is 5.26. The minimum atomic E-state index is -1.27. The molecule has 1 unspecified atom stereocenters. The van der Waals surface area contributed by atoms with E-state index in [2.05, 4.69) is 10.3 Å². The number of nitrogens with two attached hydrogens (primary N) is 2. The molecule has 0 amide bonds. The van der Waals surface area contributed by atoms with Gasteiger partial charge < -0.3 is 32.1 Å². The van der Waals surface area contributed by atoms with Gasteiger partial charge in [0.2, 0.25) is 0 Å². The van der Waals surface area contributed by atoms with Crippen LogP contribution in [0.15, 0.2) is 4.99 Å². The van der Waals surface area contributed by atoms with Crippen LogP contribution in [-0.2, 0) is 9.59 Å². The highest BCUT2D eigenvalue weighted by molar-refractivity contribution is 5.76. The molecule has 0 rings (SSSR count). The van der Waals surface area contributed by atoms with E-state index in [0.29, 0.717) is 0 Å². The van der Waals surface area contributed by atoms with Crippen molar-refractivity contribution in [2.24, 2.45) is 16.5 Å². The van der Waals surface area contributed by atoms with Gasteiger partial charge in [-0.25, -0.2) is 0 Å². The molecule has 0 aromatic heterocycles. The summed E-state index contributed by atoms with van der Waals surface area (Å²) in [7, 11) is 0.